The summed E-state index contributed by atoms with van der Waals surface area (Å²) in [5.74, 6) is 0.535. The van der Waals surface area contributed by atoms with Crippen molar-refractivity contribution in [3.63, 3.8) is 0 Å². The standard InChI is InChI=1S/C7H12N2/c1-4-6(3)7(8)9-5-2/h4-5H,1,8H2,2-3H3/b7-6+,9-5-. The fraction of sp³-hybridized carbons (Fsp3) is 0.286. The average molecular weight is 124 g/mol. The van der Waals surface area contributed by atoms with Crippen molar-refractivity contribution >= 4 is 6.21 Å². The normalized spacial score (nSPS) is 13.6. The Morgan fingerprint density at radius 3 is 2.56 bits per heavy atom. The molecule has 0 aliphatic carbocycles. The molecule has 0 aromatic heterocycles. The van der Waals surface area contributed by atoms with Crippen molar-refractivity contribution in [1.29, 1.82) is 0 Å². The molecule has 2 nitrogen and oxygen atoms in total. The first kappa shape index (κ1) is 7.95. The number of nitrogens with zero attached hydrogens (tertiary/aromatic N) is 1. The lowest BCUT2D eigenvalue weighted by Crippen LogP contribution is -1.95. The van der Waals surface area contributed by atoms with Crippen LogP contribution in [0.25, 0.3) is 0 Å². The zero-order valence-electron chi connectivity index (χ0n) is 5.89. The van der Waals surface area contributed by atoms with E-state index >= 15 is 0 Å². The van der Waals surface area contributed by atoms with Crippen molar-refractivity contribution in [3.8, 4) is 0 Å². The van der Waals surface area contributed by atoms with Gasteiger partial charge in [0.2, 0.25) is 0 Å². The highest BCUT2D eigenvalue weighted by Crippen LogP contribution is 1.97. The van der Waals surface area contributed by atoms with Gasteiger partial charge in [0.15, 0.2) is 0 Å². The maximum Gasteiger partial charge on any atom is 0.125 e. The first-order valence-corrected chi connectivity index (χ1v) is 2.79. The molecule has 0 atom stereocenters. The first-order chi connectivity index (χ1) is 4.22. The minimum absolute atomic E-state index is 0.535. The molecule has 2 N–H and O–H groups in total. The molecule has 0 saturated carbocycles. The zero-order chi connectivity index (χ0) is 7.28. The van der Waals surface area contributed by atoms with Gasteiger partial charge in [-0.1, -0.05) is 12.7 Å². The molecule has 0 radical (unpaired) electrons. The van der Waals surface area contributed by atoms with Gasteiger partial charge < -0.3 is 5.73 Å². The number of hydrogen-bond acceptors (Lipinski definition) is 2. The zero-order valence-corrected chi connectivity index (χ0v) is 5.89. The van der Waals surface area contributed by atoms with Crippen LogP contribution < -0.4 is 5.73 Å². The highest BCUT2D eigenvalue weighted by molar-refractivity contribution is 5.55. The predicted octanol–water partition coefficient (Wildman–Crippen LogP) is 1.45. The van der Waals surface area contributed by atoms with E-state index in [-0.39, 0.29) is 0 Å². The lowest BCUT2D eigenvalue weighted by Gasteiger charge is -1.93. The van der Waals surface area contributed by atoms with Gasteiger partial charge in [0.05, 0.1) is 0 Å². The highest BCUT2D eigenvalue weighted by Gasteiger charge is 1.85. The highest BCUT2D eigenvalue weighted by atomic mass is 14.9. The minimum Gasteiger partial charge on any atom is -0.383 e. The van der Waals surface area contributed by atoms with Crippen LogP contribution >= 0.6 is 0 Å². The summed E-state index contributed by atoms with van der Waals surface area (Å²) in [4.78, 5) is 3.86. The van der Waals surface area contributed by atoms with Crippen LogP contribution in [0.3, 0.4) is 0 Å². The third kappa shape index (κ3) is 2.69. The van der Waals surface area contributed by atoms with E-state index in [9.17, 15) is 0 Å². The molecule has 0 rings (SSSR count). The van der Waals surface area contributed by atoms with Crippen molar-refractivity contribution < 1.29 is 0 Å². The average Bonchev–Trinajstić information content (AvgIpc) is 1.87. The molecule has 0 unspecified atom stereocenters. The number of aliphatic imine (C=N–C) groups is 1. The molecule has 0 bridgehead atoms. The maximum atomic E-state index is 5.45. The molecule has 0 spiro atoms. The quantitative estimate of drug-likeness (QED) is 0.439. The molecular weight excluding hydrogens is 112 g/mol. The van der Waals surface area contributed by atoms with E-state index in [1.807, 2.05) is 13.8 Å². The molecule has 50 valence electrons. The van der Waals surface area contributed by atoms with Crippen LogP contribution in [0.1, 0.15) is 13.8 Å². The van der Waals surface area contributed by atoms with E-state index < -0.39 is 0 Å². The van der Waals surface area contributed by atoms with Crippen molar-refractivity contribution in [1.82, 2.24) is 0 Å². The van der Waals surface area contributed by atoms with Gasteiger partial charge in [0.1, 0.15) is 5.82 Å². The van der Waals surface area contributed by atoms with Crippen molar-refractivity contribution in [2.24, 2.45) is 10.7 Å². The van der Waals surface area contributed by atoms with Crippen LogP contribution in [0.15, 0.2) is 29.0 Å². The Hall–Kier alpha value is -1.05. The predicted molar refractivity (Wildman–Crippen MR) is 41.3 cm³/mol. The summed E-state index contributed by atoms with van der Waals surface area (Å²) in [6.07, 6.45) is 3.34. The molecule has 0 aromatic carbocycles. The van der Waals surface area contributed by atoms with E-state index in [1.54, 1.807) is 12.3 Å². The van der Waals surface area contributed by atoms with Gasteiger partial charge >= 0.3 is 0 Å². The van der Waals surface area contributed by atoms with Crippen LogP contribution in [0.2, 0.25) is 0 Å². The second kappa shape index (κ2) is 3.89. The Kier molecular flexibility index (Phi) is 3.44. The van der Waals surface area contributed by atoms with Crippen molar-refractivity contribution in [2.75, 3.05) is 0 Å². The molecule has 0 saturated heterocycles. The van der Waals surface area contributed by atoms with Crippen LogP contribution in [0, 0.1) is 0 Å². The Morgan fingerprint density at radius 1 is 1.67 bits per heavy atom. The van der Waals surface area contributed by atoms with Crippen LogP contribution in [-0.2, 0) is 0 Å². The number of allylic oxidation sites excluding steroid dienone is 2. The van der Waals surface area contributed by atoms with Gasteiger partial charge in [-0.2, -0.15) is 0 Å². The number of rotatable bonds is 2. The van der Waals surface area contributed by atoms with Crippen LogP contribution in [0.4, 0.5) is 0 Å². The lowest BCUT2D eigenvalue weighted by atomic mass is 10.3. The minimum atomic E-state index is 0.535. The van der Waals surface area contributed by atoms with Gasteiger partial charge in [-0.25, -0.2) is 4.99 Å². The van der Waals surface area contributed by atoms with Gasteiger partial charge in [-0.05, 0) is 19.4 Å². The summed E-state index contributed by atoms with van der Waals surface area (Å²) >= 11 is 0. The van der Waals surface area contributed by atoms with E-state index in [4.69, 9.17) is 5.73 Å². The molecule has 0 heterocycles. The summed E-state index contributed by atoms with van der Waals surface area (Å²) in [6.45, 7) is 7.25. The maximum absolute atomic E-state index is 5.45. The van der Waals surface area contributed by atoms with E-state index in [0.29, 0.717) is 5.82 Å². The fourth-order valence-corrected chi connectivity index (χ4v) is 0.345. The van der Waals surface area contributed by atoms with Gasteiger partial charge in [0.25, 0.3) is 0 Å². The monoisotopic (exact) mass is 124 g/mol. The first-order valence-electron chi connectivity index (χ1n) is 2.79. The molecule has 0 fully saturated rings. The third-order valence-electron chi connectivity index (χ3n) is 0.978. The molecule has 0 aliphatic rings. The molecule has 0 amide bonds. The third-order valence-corrected chi connectivity index (χ3v) is 0.978. The Morgan fingerprint density at radius 2 is 2.22 bits per heavy atom. The van der Waals surface area contributed by atoms with Crippen molar-refractivity contribution in [3.05, 3.63) is 24.0 Å². The summed E-state index contributed by atoms with van der Waals surface area (Å²) in [7, 11) is 0. The van der Waals surface area contributed by atoms with Crippen LogP contribution in [0.5, 0.6) is 0 Å². The molecule has 2 heteroatoms. The van der Waals surface area contributed by atoms with E-state index in [1.165, 1.54) is 0 Å². The molecule has 0 aromatic rings. The van der Waals surface area contributed by atoms with Gasteiger partial charge in [-0.3, -0.25) is 0 Å². The summed E-state index contributed by atoms with van der Waals surface area (Å²) in [5.41, 5.74) is 6.36. The van der Waals surface area contributed by atoms with E-state index in [0.717, 1.165) is 5.57 Å². The number of nitrogens with two attached hydrogens (primary N) is 1. The Balaban J connectivity index is 4.27. The van der Waals surface area contributed by atoms with Crippen molar-refractivity contribution in [2.45, 2.75) is 13.8 Å². The van der Waals surface area contributed by atoms with Gasteiger partial charge in [-0.15, -0.1) is 0 Å². The van der Waals surface area contributed by atoms with E-state index in [2.05, 4.69) is 11.6 Å². The second-order valence-electron chi connectivity index (χ2n) is 1.66. The topological polar surface area (TPSA) is 38.4 Å². The molecule has 0 aliphatic heterocycles. The summed E-state index contributed by atoms with van der Waals surface area (Å²) in [5, 5.41) is 0. The molecular formula is C7H12N2. The Labute approximate surface area is 55.8 Å². The smallest absolute Gasteiger partial charge is 0.125 e. The lowest BCUT2D eigenvalue weighted by molar-refractivity contribution is 1.19. The summed E-state index contributed by atoms with van der Waals surface area (Å²) < 4.78 is 0. The fourth-order valence-electron chi connectivity index (χ4n) is 0.345. The SMILES string of the molecule is C=C/C(C)=C(N)/N=C\C. The Bertz CT molecular complexity index is 154. The molecule has 9 heavy (non-hydrogen) atoms. The van der Waals surface area contributed by atoms with Crippen LogP contribution in [-0.4, -0.2) is 6.21 Å². The second-order valence-corrected chi connectivity index (χ2v) is 1.66. The number of hydrogen-bond donors (Lipinski definition) is 1. The largest absolute Gasteiger partial charge is 0.383 e. The summed E-state index contributed by atoms with van der Waals surface area (Å²) in [6, 6.07) is 0. The van der Waals surface area contributed by atoms with Gasteiger partial charge in [0, 0.05) is 6.21 Å².